The van der Waals surface area contributed by atoms with E-state index in [2.05, 4.69) is 69.7 Å². The Kier molecular flexibility index (Phi) is 5.10. The van der Waals surface area contributed by atoms with E-state index in [-0.39, 0.29) is 6.61 Å². The molecule has 0 saturated carbocycles. The number of fused-ring (bicyclic) bond motifs is 2. The minimum absolute atomic E-state index is 0.0886. The molecule has 0 saturated heterocycles. The number of hydrogen-bond donors (Lipinski definition) is 1. The van der Waals surface area contributed by atoms with E-state index in [0.29, 0.717) is 0 Å². The summed E-state index contributed by atoms with van der Waals surface area (Å²) in [7, 11) is 0. The van der Waals surface area contributed by atoms with Crippen molar-refractivity contribution < 1.29 is 5.11 Å². The number of aliphatic hydroxyl groups excluding tert-OH is 1. The van der Waals surface area contributed by atoms with Crippen LogP contribution in [0.1, 0.15) is 23.6 Å². The van der Waals surface area contributed by atoms with Crippen LogP contribution >= 0.6 is 11.8 Å². The zero-order valence-corrected chi connectivity index (χ0v) is 17.3. The first-order chi connectivity index (χ1) is 12.3. The number of allylic oxidation sites excluding steroid dienone is 4. The van der Waals surface area contributed by atoms with Gasteiger partial charge in [0, 0.05) is 0 Å². The van der Waals surface area contributed by atoms with Crippen molar-refractivity contribution in [3.8, 4) is 0 Å². The second-order valence-electron chi connectivity index (χ2n) is 6.17. The van der Waals surface area contributed by atoms with Crippen molar-refractivity contribution in [1.82, 2.24) is 0 Å². The first kappa shape index (κ1) is 17.1. The van der Waals surface area contributed by atoms with Crippen molar-refractivity contribution in [3.63, 3.8) is 0 Å². The average molecular weight is 460 g/mol. The third-order valence-corrected chi connectivity index (χ3v) is 10.8. The summed E-state index contributed by atoms with van der Waals surface area (Å²) >= 11 is 0.452. The maximum absolute atomic E-state index is 9.78. The molecule has 0 bridgehead atoms. The molecule has 0 amide bonds. The molecule has 1 N–H and O–H groups in total. The number of rotatable bonds is 3. The van der Waals surface area contributed by atoms with Crippen LogP contribution < -0.4 is 0 Å². The summed E-state index contributed by atoms with van der Waals surface area (Å²) in [6.45, 7) is 2.38. The Morgan fingerprint density at radius 2 is 1.84 bits per heavy atom. The van der Waals surface area contributed by atoms with E-state index in [1.54, 1.807) is 11.8 Å². The first-order valence-electron chi connectivity index (χ1n) is 8.35. The summed E-state index contributed by atoms with van der Waals surface area (Å²) in [5.74, 6) is 0. The van der Waals surface area contributed by atoms with Crippen LogP contribution in [0.4, 0.5) is 0 Å². The van der Waals surface area contributed by atoms with Gasteiger partial charge in [0.15, 0.2) is 0 Å². The zero-order valence-electron chi connectivity index (χ0n) is 14.1. The van der Waals surface area contributed by atoms with Crippen LogP contribution in [0.5, 0.6) is 0 Å². The SMILES string of the molecule is C/C(C[Te]1=CC=CC=C1)=C1\c2ccccc2Sc2c(CO)cccc21. The molecule has 0 aliphatic carbocycles. The molecule has 0 atom stereocenters. The number of hydrogen-bond acceptors (Lipinski definition) is 2. The fourth-order valence-corrected chi connectivity index (χ4v) is 8.83. The molecule has 2 aromatic carbocycles. The van der Waals surface area contributed by atoms with Crippen molar-refractivity contribution in [1.29, 1.82) is 0 Å². The van der Waals surface area contributed by atoms with E-state index in [9.17, 15) is 5.11 Å². The molecule has 126 valence electrons. The van der Waals surface area contributed by atoms with E-state index >= 15 is 0 Å². The van der Waals surface area contributed by atoms with E-state index in [1.165, 1.54) is 36.5 Å². The molecule has 4 rings (SSSR count). The van der Waals surface area contributed by atoms with Gasteiger partial charge in [-0.2, -0.15) is 0 Å². The normalized spacial score (nSPS) is 17.7. The standard InChI is InChI=1S/C22H20OSTe/c1-16(15-25-12-5-2-6-13-25)21-18-9-3-4-11-20(18)24-22-17(14-23)8-7-10-19(21)22/h2-13,23H,14-15H2,1H3/b21-16-. The zero-order chi connectivity index (χ0) is 17.2. The molecule has 1 nitrogen and oxygen atoms in total. The molecule has 2 aliphatic heterocycles. The van der Waals surface area contributed by atoms with Crippen molar-refractivity contribution in [2.45, 2.75) is 27.8 Å². The third-order valence-electron chi connectivity index (χ3n) is 4.44. The molecule has 2 aliphatic rings. The summed E-state index contributed by atoms with van der Waals surface area (Å²) < 4.78 is 6.05. The van der Waals surface area contributed by atoms with Crippen LogP contribution in [-0.4, -0.2) is 28.2 Å². The van der Waals surface area contributed by atoms with Crippen LogP contribution in [0.3, 0.4) is 0 Å². The Balaban J connectivity index is 1.89. The number of benzene rings is 2. The van der Waals surface area contributed by atoms with Gasteiger partial charge in [0.05, 0.1) is 0 Å². The molecule has 3 heteroatoms. The Morgan fingerprint density at radius 1 is 1.00 bits per heavy atom. The van der Waals surface area contributed by atoms with Gasteiger partial charge in [0.1, 0.15) is 0 Å². The van der Waals surface area contributed by atoms with Gasteiger partial charge in [-0.15, -0.1) is 0 Å². The molecule has 0 unspecified atom stereocenters. The van der Waals surface area contributed by atoms with Crippen molar-refractivity contribution >= 4 is 40.5 Å². The van der Waals surface area contributed by atoms with Gasteiger partial charge in [-0.1, -0.05) is 0 Å². The summed E-state index contributed by atoms with van der Waals surface area (Å²) in [6.07, 6.45) is 6.53. The predicted octanol–water partition coefficient (Wildman–Crippen LogP) is 5.01. The van der Waals surface area contributed by atoms with Gasteiger partial charge in [-0.3, -0.25) is 0 Å². The second-order valence-corrected chi connectivity index (χ2v) is 12.3. The average Bonchev–Trinajstić information content (AvgIpc) is 2.66. The van der Waals surface area contributed by atoms with Crippen LogP contribution in [0.25, 0.3) is 5.57 Å². The fourth-order valence-electron chi connectivity index (χ4n) is 3.32. The van der Waals surface area contributed by atoms with Gasteiger partial charge in [-0.05, 0) is 0 Å². The topological polar surface area (TPSA) is 20.2 Å². The predicted molar refractivity (Wildman–Crippen MR) is 110 cm³/mol. The minimum atomic E-state index is -1.34. The van der Waals surface area contributed by atoms with Crippen molar-refractivity contribution in [2.75, 3.05) is 0 Å². The maximum atomic E-state index is 9.78. The third kappa shape index (κ3) is 3.35. The summed E-state index contributed by atoms with van der Waals surface area (Å²) in [5, 5.41) is 9.78. The molecule has 0 spiro atoms. The Bertz CT molecular complexity index is 950. The van der Waals surface area contributed by atoms with Crippen LogP contribution in [0.2, 0.25) is 4.47 Å². The van der Waals surface area contributed by atoms with Crippen LogP contribution in [-0.2, 0) is 6.61 Å². The van der Waals surface area contributed by atoms with Gasteiger partial charge in [0.25, 0.3) is 0 Å². The van der Waals surface area contributed by atoms with Crippen LogP contribution in [0, 0.1) is 0 Å². The molecule has 2 aromatic rings. The van der Waals surface area contributed by atoms with Gasteiger partial charge in [-0.25, -0.2) is 0 Å². The molecule has 0 fully saturated rings. The molecule has 0 radical (unpaired) electrons. The van der Waals surface area contributed by atoms with Crippen LogP contribution in [0.15, 0.2) is 80.2 Å². The Morgan fingerprint density at radius 3 is 2.64 bits per heavy atom. The fraction of sp³-hybridized carbons (Fsp3) is 0.136. The quantitative estimate of drug-likeness (QED) is 0.555. The van der Waals surface area contributed by atoms with Gasteiger partial charge >= 0.3 is 160 Å². The molecular formula is C22H20OSTe. The summed E-state index contributed by atoms with van der Waals surface area (Å²) in [5.41, 5.74) is 6.48. The first-order valence-corrected chi connectivity index (χ1v) is 13.5. The van der Waals surface area contributed by atoms with Crippen molar-refractivity contribution in [2.24, 2.45) is 0 Å². The molecule has 2 heterocycles. The molecule has 25 heavy (non-hydrogen) atoms. The molecule has 0 aromatic heterocycles. The number of aliphatic hydroxyl groups is 1. The van der Waals surface area contributed by atoms with Gasteiger partial charge < -0.3 is 0 Å². The summed E-state index contributed by atoms with van der Waals surface area (Å²) in [4.78, 5) is 2.50. The second kappa shape index (κ2) is 7.48. The van der Waals surface area contributed by atoms with E-state index < -0.39 is 19.1 Å². The van der Waals surface area contributed by atoms with E-state index in [0.717, 1.165) is 5.56 Å². The van der Waals surface area contributed by atoms with E-state index in [4.69, 9.17) is 0 Å². The Hall–Kier alpha value is -1.37. The molecular weight excluding hydrogens is 440 g/mol. The Labute approximate surface area is 159 Å². The van der Waals surface area contributed by atoms with Gasteiger partial charge in [0.2, 0.25) is 0 Å². The monoisotopic (exact) mass is 462 g/mol. The van der Waals surface area contributed by atoms with Crippen molar-refractivity contribution in [3.05, 3.63) is 87.1 Å². The van der Waals surface area contributed by atoms with E-state index in [1.807, 2.05) is 6.07 Å². The summed E-state index contributed by atoms with van der Waals surface area (Å²) in [6, 6.07) is 15.0.